The maximum atomic E-state index is 10.0. The van der Waals surface area contributed by atoms with E-state index in [9.17, 15) is 5.11 Å². The molecule has 0 radical (unpaired) electrons. The van der Waals surface area contributed by atoms with E-state index in [1.807, 2.05) is 6.07 Å². The van der Waals surface area contributed by atoms with E-state index in [-0.39, 0.29) is 5.41 Å². The van der Waals surface area contributed by atoms with Gasteiger partial charge in [0.2, 0.25) is 0 Å². The number of hydrogen-bond acceptors (Lipinski definition) is 4. The molecule has 1 aliphatic heterocycles. The van der Waals surface area contributed by atoms with Crippen LogP contribution >= 0.6 is 0 Å². The van der Waals surface area contributed by atoms with Gasteiger partial charge in [-0.05, 0) is 31.0 Å². The Morgan fingerprint density at radius 3 is 2.61 bits per heavy atom. The van der Waals surface area contributed by atoms with E-state index in [4.69, 9.17) is 10.5 Å². The molecule has 0 amide bonds. The van der Waals surface area contributed by atoms with Crippen LogP contribution in [0.4, 0.5) is 5.69 Å². The van der Waals surface area contributed by atoms with Crippen LogP contribution in [0, 0.1) is 0 Å². The molecule has 1 heterocycles. The Hall–Kier alpha value is -1.26. The lowest BCUT2D eigenvalue weighted by atomic mass is 9.94. The van der Waals surface area contributed by atoms with E-state index in [0.29, 0.717) is 12.3 Å². The SMILES string of the molecule is NCC1(c2cc(N3CCOCC3)ccc2O)CC1. The molecule has 1 saturated carbocycles. The van der Waals surface area contributed by atoms with Crippen LogP contribution in [0.1, 0.15) is 18.4 Å². The minimum atomic E-state index is 0.0341. The summed E-state index contributed by atoms with van der Waals surface area (Å²) < 4.78 is 5.36. The molecule has 98 valence electrons. The number of phenolic OH excluding ortho intramolecular Hbond substituents is 1. The van der Waals surface area contributed by atoms with Crippen molar-refractivity contribution in [3.8, 4) is 5.75 Å². The van der Waals surface area contributed by atoms with E-state index in [2.05, 4.69) is 11.0 Å². The third kappa shape index (κ3) is 1.95. The van der Waals surface area contributed by atoms with Crippen LogP contribution in [0.25, 0.3) is 0 Å². The van der Waals surface area contributed by atoms with Gasteiger partial charge in [0.15, 0.2) is 0 Å². The molecule has 4 heteroatoms. The summed E-state index contributed by atoms with van der Waals surface area (Å²) >= 11 is 0. The molecule has 1 aromatic rings. The number of ether oxygens (including phenoxy) is 1. The Balaban J connectivity index is 1.90. The van der Waals surface area contributed by atoms with Gasteiger partial charge in [-0.1, -0.05) is 0 Å². The summed E-state index contributed by atoms with van der Waals surface area (Å²) in [4.78, 5) is 2.30. The highest BCUT2D eigenvalue weighted by molar-refractivity contribution is 5.56. The molecule has 0 aromatic heterocycles. The lowest BCUT2D eigenvalue weighted by Crippen LogP contribution is -2.36. The van der Waals surface area contributed by atoms with E-state index >= 15 is 0 Å². The first kappa shape index (κ1) is 11.8. The van der Waals surface area contributed by atoms with E-state index < -0.39 is 0 Å². The predicted octanol–water partition coefficient (Wildman–Crippen LogP) is 1.22. The molecule has 1 saturated heterocycles. The second-order valence-electron chi connectivity index (χ2n) is 5.29. The molecule has 2 fully saturated rings. The normalized spacial score (nSPS) is 21.9. The molecule has 0 atom stereocenters. The smallest absolute Gasteiger partial charge is 0.119 e. The Morgan fingerprint density at radius 2 is 2.00 bits per heavy atom. The number of rotatable bonds is 3. The molecule has 2 aliphatic rings. The third-order valence-electron chi connectivity index (χ3n) is 4.17. The van der Waals surface area contributed by atoms with Gasteiger partial charge in [-0.2, -0.15) is 0 Å². The predicted molar refractivity (Wildman–Crippen MR) is 71.1 cm³/mol. The monoisotopic (exact) mass is 248 g/mol. The summed E-state index contributed by atoms with van der Waals surface area (Å²) in [7, 11) is 0. The molecular weight excluding hydrogens is 228 g/mol. The number of anilines is 1. The van der Waals surface area contributed by atoms with E-state index in [1.54, 1.807) is 6.07 Å². The Morgan fingerprint density at radius 1 is 1.28 bits per heavy atom. The molecular formula is C14H20N2O2. The summed E-state index contributed by atoms with van der Waals surface area (Å²) in [5, 5.41) is 10.0. The minimum absolute atomic E-state index is 0.0341. The van der Waals surface area contributed by atoms with Crippen molar-refractivity contribution in [1.29, 1.82) is 0 Å². The van der Waals surface area contributed by atoms with Crippen LogP contribution in [0.15, 0.2) is 18.2 Å². The van der Waals surface area contributed by atoms with Crippen molar-refractivity contribution in [3.05, 3.63) is 23.8 Å². The van der Waals surface area contributed by atoms with Gasteiger partial charge in [-0.25, -0.2) is 0 Å². The van der Waals surface area contributed by atoms with Crippen LogP contribution < -0.4 is 10.6 Å². The lowest BCUT2D eigenvalue weighted by molar-refractivity contribution is 0.122. The first-order valence-electron chi connectivity index (χ1n) is 6.61. The number of hydrogen-bond donors (Lipinski definition) is 2. The standard InChI is InChI=1S/C14H20N2O2/c15-10-14(3-4-14)12-9-11(1-2-13(12)17)16-5-7-18-8-6-16/h1-2,9,17H,3-8,10,15H2. The number of benzene rings is 1. The highest BCUT2D eigenvalue weighted by Crippen LogP contribution is 2.51. The first-order valence-corrected chi connectivity index (χ1v) is 6.61. The number of phenols is 1. The van der Waals surface area contributed by atoms with Gasteiger partial charge >= 0.3 is 0 Å². The van der Waals surface area contributed by atoms with Crippen LogP contribution in [0.3, 0.4) is 0 Å². The lowest BCUT2D eigenvalue weighted by Gasteiger charge is -2.30. The topological polar surface area (TPSA) is 58.7 Å². The third-order valence-corrected chi connectivity index (χ3v) is 4.17. The molecule has 0 unspecified atom stereocenters. The molecule has 0 spiro atoms. The quantitative estimate of drug-likeness (QED) is 0.844. The fourth-order valence-electron chi connectivity index (χ4n) is 2.70. The average Bonchev–Trinajstić information content (AvgIpc) is 3.21. The van der Waals surface area contributed by atoms with Crippen LogP contribution in [-0.4, -0.2) is 38.0 Å². The summed E-state index contributed by atoms with van der Waals surface area (Å²) in [5.74, 6) is 0.384. The Labute approximate surface area is 107 Å². The van der Waals surface area contributed by atoms with Gasteiger partial charge < -0.3 is 20.5 Å². The Kier molecular flexibility index (Phi) is 2.92. The molecule has 3 rings (SSSR count). The van der Waals surface area contributed by atoms with Gasteiger partial charge in [-0.3, -0.25) is 0 Å². The second-order valence-corrected chi connectivity index (χ2v) is 5.29. The van der Waals surface area contributed by atoms with Crippen molar-refractivity contribution in [1.82, 2.24) is 0 Å². The molecule has 0 bridgehead atoms. The van der Waals surface area contributed by atoms with Crippen molar-refractivity contribution in [2.45, 2.75) is 18.3 Å². The first-order chi connectivity index (χ1) is 8.75. The van der Waals surface area contributed by atoms with Gasteiger partial charge in [0.25, 0.3) is 0 Å². The maximum Gasteiger partial charge on any atom is 0.119 e. The maximum absolute atomic E-state index is 10.0. The minimum Gasteiger partial charge on any atom is -0.508 e. The Bertz CT molecular complexity index is 437. The zero-order chi connectivity index (χ0) is 12.6. The number of aromatic hydroxyl groups is 1. The number of nitrogens with zero attached hydrogens (tertiary/aromatic N) is 1. The van der Waals surface area contributed by atoms with Crippen molar-refractivity contribution in [2.75, 3.05) is 37.7 Å². The largest absolute Gasteiger partial charge is 0.508 e. The highest BCUT2D eigenvalue weighted by Gasteiger charge is 2.44. The average molecular weight is 248 g/mol. The summed E-state index contributed by atoms with van der Waals surface area (Å²) in [6.45, 7) is 4.00. The van der Waals surface area contributed by atoms with Crippen molar-refractivity contribution < 1.29 is 9.84 Å². The summed E-state index contributed by atoms with van der Waals surface area (Å²) in [5.41, 5.74) is 8.08. The number of morpholine rings is 1. The molecule has 4 nitrogen and oxygen atoms in total. The number of nitrogens with two attached hydrogens (primary N) is 1. The van der Waals surface area contributed by atoms with E-state index in [1.165, 1.54) is 5.69 Å². The van der Waals surface area contributed by atoms with Gasteiger partial charge in [-0.15, -0.1) is 0 Å². The van der Waals surface area contributed by atoms with Crippen LogP contribution in [0.2, 0.25) is 0 Å². The molecule has 1 aromatic carbocycles. The van der Waals surface area contributed by atoms with Gasteiger partial charge in [0.1, 0.15) is 5.75 Å². The molecule has 18 heavy (non-hydrogen) atoms. The summed E-state index contributed by atoms with van der Waals surface area (Å²) in [6.07, 6.45) is 2.17. The molecule has 3 N–H and O–H groups in total. The highest BCUT2D eigenvalue weighted by atomic mass is 16.5. The van der Waals surface area contributed by atoms with Crippen LogP contribution in [-0.2, 0) is 10.2 Å². The molecule has 1 aliphatic carbocycles. The van der Waals surface area contributed by atoms with E-state index in [0.717, 1.165) is 44.7 Å². The zero-order valence-electron chi connectivity index (χ0n) is 10.6. The fraction of sp³-hybridized carbons (Fsp3) is 0.571. The second kappa shape index (κ2) is 4.44. The fourth-order valence-corrected chi connectivity index (χ4v) is 2.70. The van der Waals surface area contributed by atoms with Gasteiger partial charge in [0.05, 0.1) is 13.2 Å². The van der Waals surface area contributed by atoms with Gasteiger partial charge in [0, 0.05) is 36.3 Å². The van der Waals surface area contributed by atoms with Crippen molar-refractivity contribution in [2.24, 2.45) is 5.73 Å². The summed E-state index contributed by atoms with van der Waals surface area (Å²) in [6, 6.07) is 5.90. The van der Waals surface area contributed by atoms with Crippen molar-refractivity contribution >= 4 is 5.69 Å². The van der Waals surface area contributed by atoms with Crippen molar-refractivity contribution in [3.63, 3.8) is 0 Å². The van der Waals surface area contributed by atoms with Crippen LogP contribution in [0.5, 0.6) is 5.75 Å². The zero-order valence-corrected chi connectivity index (χ0v) is 10.6.